The van der Waals surface area contributed by atoms with Crippen molar-refractivity contribution in [2.24, 2.45) is 0 Å². The van der Waals surface area contributed by atoms with Crippen molar-refractivity contribution in [2.75, 3.05) is 11.5 Å². The molecule has 1 aliphatic heterocycles. The largest absolute Gasteiger partial charge is 0.383 e. The summed E-state index contributed by atoms with van der Waals surface area (Å²) in [6.45, 7) is 0.662. The Kier molecular flexibility index (Phi) is 3.69. The summed E-state index contributed by atoms with van der Waals surface area (Å²) in [6, 6.07) is 0.210. The molecule has 1 aromatic heterocycles. The molecule has 2 aliphatic carbocycles. The van der Waals surface area contributed by atoms with E-state index in [1.54, 1.807) is 6.20 Å². The quantitative estimate of drug-likeness (QED) is 0.876. The Hall–Kier alpha value is -2.82. The highest BCUT2D eigenvalue weighted by Crippen LogP contribution is 2.35. The summed E-state index contributed by atoms with van der Waals surface area (Å²) < 4.78 is 0. The molecule has 0 bridgehead atoms. The molecule has 122 valence electrons. The van der Waals surface area contributed by atoms with Gasteiger partial charge in [0.05, 0.1) is 6.04 Å². The molecular weight excluding hydrogens is 298 g/mol. The van der Waals surface area contributed by atoms with Gasteiger partial charge in [0.1, 0.15) is 5.82 Å². The standard InChI is InChI=1S/C19H21N5/c20-18-15(11-22-19(21)23-18)12-24-16-7-3-1-5-13(16)9-10-14-6-2-4-8-17(14)24/h1,3-5,7-9,11,16H,2,6,10,12H2,(H4,20,21,22,23). The number of aromatic nitrogens is 2. The van der Waals surface area contributed by atoms with Gasteiger partial charge >= 0.3 is 0 Å². The Morgan fingerprint density at radius 3 is 3.00 bits per heavy atom. The molecule has 0 saturated carbocycles. The van der Waals surface area contributed by atoms with E-state index in [1.165, 1.54) is 16.8 Å². The number of nitrogens with zero attached hydrogens (tertiary/aromatic N) is 3. The van der Waals surface area contributed by atoms with Crippen LogP contribution in [0.4, 0.5) is 11.8 Å². The number of fused-ring (bicyclic) bond motifs is 1. The molecule has 5 nitrogen and oxygen atoms in total. The minimum atomic E-state index is 0.210. The van der Waals surface area contributed by atoms with Crippen LogP contribution in [-0.4, -0.2) is 20.9 Å². The summed E-state index contributed by atoms with van der Waals surface area (Å²) in [5.41, 5.74) is 16.7. The van der Waals surface area contributed by atoms with E-state index < -0.39 is 0 Å². The third-order valence-electron chi connectivity index (χ3n) is 4.77. The van der Waals surface area contributed by atoms with Crippen LogP contribution in [-0.2, 0) is 6.54 Å². The lowest BCUT2D eigenvalue weighted by atomic mass is 9.98. The van der Waals surface area contributed by atoms with E-state index in [9.17, 15) is 0 Å². The van der Waals surface area contributed by atoms with Crippen LogP contribution in [0.2, 0.25) is 0 Å². The molecule has 1 aromatic rings. The van der Waals surface area contributed by atoms with Gasteiger partial charge in [0, 0.05) is 24.0 Å². The molecule has 0 saturated heterocycles. The Balaban J connectivity index is 1.76. The average molecular weight is 319 g/mol. The molecule has 1 atom stereocenters. The Bertz CT molecular complexity index is 813. The number of hydrogen-bond acceptors (Lipinski definition) is 5. The second-order valence-corrected chi connectivity index (χ2v) is 6.29. The van der Waals surface area contributed by atoms with Crippen molar-refractivity contribution in [3.05, 3.63) is 71.1 Å². The van der Waals surface area contributed by atoms with Gasteiger partial charge in [-0.2, -0.15) is 4.98 Å². The number of nitrogen functional groups attached to an aromatic ring is 2. The van der Waals surface area contributed by atoms with Gasteiger partial charge in [0.15, 0.2) is 0 Å². The van der Waals surface area contributed by atoms with Crippen LogP contribution < -0.4 is 11.5 Å². The molecule has 3 aliphatic rings. The van der Waals surface area contributed by atoms with E-state index in [2.05, 4.69) is 57.4 Å². The fraction of sp³-hybridized carbons (Fsp3) is 0.263. The molecule has 0 aromatic carbocycles. The zero-order valence-corrected chi connectivity index (χ0v) is 13.5. The Labute approximate surface area is 141 Å². The third kappa shape index (κ3) is 2.62. The predicted molar refractivity (Wildman–Crippen MR) is 96.6 cm³/mol. The van der Waals surface area contributed by atoms with Gasteiger partial charge in [-0.05, 0) is 36.5 Å². The first kappa shape index (κ1) is 14.8. The molecule has 0 spiro atoms. The van der Waals surface area contributed by atoms with E-state index in [-0.39, 0.29) is 12.0 Å². The van der Waals surface area contributed by atoms with Crippen LogP contribution >= 0.6 is 0 Å². The topological polar surface area (TPSA) is 81.1 Å². The molecule has 4 N–H and O–H groups in total. The number of hydrogen-bond donors (Lipinski definition) is 2. The second kappa shape index (κ2) is 6.00. The summed E-state index contributed by atoms with van der Waals surface area (Å²) in [4.78, 5) is 10.6. The molecular formula is C19H21N5. The van der Waals surface area contributed by atoms with Crippen molar-refractivity contribution in [1.82, 2.24) is 14.9 Å². The Morgan fingerprint density at radius 1 is 1.21 bits per heavy atom. The van der Waals surface area contributed by atoms with Gasteiger partial charge in [-0.3, -0.25) is 0 Å². The molecule has 0 amide bonds. The third-order valence-corrected chi connectivity index (χ3v) is 4.77. The van der Waals surface area contributed by atoms with Crippen molar-refractivity contribution in [3.63, 3.8) is 0 Å². The zero-order valence-electron chi connectivity index (χ0n) is 13.5. The van der Waals surface area contributed by atoms with Crippen molar-refractivity contribution < 1.29 is 0 Å². The molecule has 0 radical (unpaired) electrons. The summed E-state index contributed by atoms with van der Waals surface area (Å²) in [5, 5.41) is 0. The molecule has 2 heterocycles. The first-order valence-corrected chi connectivity index (χ1v) is 8.29. The van der Waals surface area contributed by atoms with Crippen molar-refractivity contribution in [1.29, 1.82) is 0 Å². The lowest BCUT2D eigenvalue weighted by molar-refractivity contribution is 0.320. The fourth-order valence-electron chi connectivity index (χ4n) is 3.54. The van der Waals surface area contributed by atoms with Crippen LogP contribution in [0.15, 0.2) is 65.6 Å². The highest BCUT2D eigenvalue weighted by Gasteiger charge is 2.27. The van der Waals surface area contributed by atoms with Gasteiger partial charge in [0.25, 0.3) is 0 Å². The smallest absolute Gasteiger partial charge is 0.221 e. The van der Waals surface area contributed by atoms with Crippen LogP contribution in [0.1, 0.15) is 24.8 Å². The maximum absolute atomic E-state index is 6.08. The molecule has 4 rings (SSSR count). The number of allylic oxidation sites excluding steroid dienone is 6. The Morgan fingerprint density at radius 2 is 2.12 bits per heavy atom. The fourth-order valence-corrected chi connectivity index (χ4v) is 3.54. The monoisotopic (exact) mass is 319 g/mol. The van der Waals surface area contributed by atoms with Crippen LogP contribution in [0.5, 0.6) is 0 Å². The minimum Gasteiger partial charge on any atom is -0.383 e. The summed E-state index contributed by atoms with van der Waals surface area (Å²) in [6.07, 6.45) is 20.5. The number of anilines is 2. The van der Waals surface area contributed by atoms with Gasteiger partial charge in [-0.25, -0.2) is 4.98 Å². The maximum atomic E-state index is 6.08. The lowest BCUT2D eigenvalue weighted by Gasteiger charge is -2.35. The van der Waals surface area contributed by atoms with Crippen molar-refractivity contribution >= 4 is 11.8 Å². The van der Waals surface area contributed by atoms with Crippen molar-refractivity contribution in [2.45, 2.75) is 31.8 Å². The second-order valence-electron chi connectivity index (χ2n) is 6.29. The average Bonchev–Trinajstić information content (AvgIpc) is 2.75. The predicted octanol–water partition coefficient (Wildman–Crippen LogP) is 2.87. The molecule has 1 unspecified atom stereocenters. The molecule has 0 fully saturated rings. The first-order chi connectivity index (χ1) is 11.7. The highest BCUT2D eigenvalue weighted by molar-refractivity contribution is 5.46. The maximum Gasteiger partial charge on any atom is 0.221 e. The van der Waals surface area contributed by atoms with Gasteiger partial charge < -0.3 is 16.4 Å². The van der Waals surface area contributed by atoms with Gasteiger partial charge in [-0.15, -0.1) is 0 Å². The van der Waals surface area contributed by atoms with Crippen molar-refractivity contribution in [3.8, 4) is 0 Å². The normalized spacial score (nSPS) is 22.1. The minimum absolute atomic E-state index is 0.210. The summed E-state index contributed by atoms with van der Waals surface area (Å²) in [7, 11) is 0. The SMILES string of the molecule is Nc1ncc(CN2C3=C(CC=C4C=CC=CC42)CCC=C3)c(N)n1. The van der Waals surface area contributed by atoms with E-state index in [0.717, 1.165) is 24.8 Å². The van der Waals surface area contributed by atoms with Gasteiger partial charge in [0.2, 0.25) is 5.95 Å². The lowest BCUT2D eigenvalue weighted by Crippen LogP contribution is -2.34. The van der Waals surface area contributed by atoms with E-state index in [4.69, 9.17) is 11.5 Å². The van der Waals surface area contributed by atoms with E-state index >= 15 is 0 Å². The van der Waals surface area contributed by atoms with Crippen LogP contribution in [0, 0.1) is 0 Å². The summed E-state index contributed by atoms with van der Waals surface area (Å²) in [5.74, 6) is 0.667. The number of nitrogens with two attached hydrogens (primary N) is 2. The summed E-state index contributed by atoms with van der Waals surface area (Å²) >= 11 is 0. The highest BCUT2D eigenvalue weighted by atomic mass is 15.2. The van der Waals surface area contributed by atoms with E-state index in [1.807, 2.05) is 0 Å². The van der Waals surface area contributed by atoms with Gasteiger partial charge in [-0.1, -0.05) is 36.5 Å². The van der Waals surface area contributed by atoms with E-state index in [0.29, 0.717) is 12.4 Å². The first-order valence-electron chi connectivity index (χ1n) is 8.29. The zero-order chi connectivity index (χ0) is 16.5. The molecule has 24 heavy (non-hydrogen) atoms. The van der Waals surface area contributed by atoms with Crippen LogP contribution in [0.25, 0.3) is 0 Å². The number of rotatable bonds is 2. The van der Waals surface area contributed by atoms with Crippen LogP contribution in [0.3, 0.4) is 0 Å². The molecule has 5 heteroatoms.